The molecule has 2 aromatic rings. The van der Waals surface area contributed by atoms with Crippen LogP contribution in [0.25, 0.3) is 10.9 Å². The van der Waals surface area contributed by atoms with Crippen molar-refractivity contribution in [1.82, 2.24) is 4.98 Å². The van der Waals surface area contributed by atoms with Crippen molar-refractivity contribution in [2.45, 2.75) is 20.3 Å². The van der Waals surface area contributed by atoms with Gasteiger partial charge in [-0.3, -0.25) is 0 Å². The third-order valence-corrected chi connectivity index (χ3v) is 3.26. The van der Waals surface area contributed by atoms with Crippen LogP contribution in [0.5, 0.6) is 0 Å². The second-order valence-electron chi connectivity index (χ2n) is 4.62. The Morgan fingerprint density at radius 1 is 1.35 bits per heavy atom. The molecule has 0 amide bonds. The van der Waals surface area contributed by atoms with E-state index in [1.807, 2.05) is 30.3 Å². The topological polar surface area (TPSA) is 74.7 Å². The summed E-state index contributed by atoms with van der Waals surface area (Å²) in [6, 6.07) is 9.76. The molecule has 0 aliphatic carbocycles. The number of rotatable bonds is 5. The van der Waals surface area contributed by atoms with Crippen LogP contribution < -0.4 is 10.6 Å². The van der Waals surface area contributed by atoms with E-state index in [2.05, 4.69) is 28.9 Å². The molecule has 0 atom stereocenters. The summed E-state index contributed by atoms with van der Waals surface area (Å²) >= 11 is 0. The predicted octanol–water partition coefficient (Wildman–Crippen LogP) is 2.57. The molecule has 5 heteroatoms. The summed E-state index contributed by atoms with van der Waals surface area (Å²) in [6.07, 6.45) is 1.01. The maximum Gasteiger partial charge on any atom is 0.173 e. The molecule has 0 fully saturated rings. The number of aromatic nitrogens is 1. The van der Waals surface area contributed by atoms with Crippen molar-refractivity contribution >= 4 is 22.6 Å². The maximum absolute atomic E-state index is 8.99. The van der Waals surface area contributed by atoms with Gasteiger partial charge in [-0.15, -0.1) is 0 Å². The highest BCUT2D eigenvalue weighted by Gasteiger charge is 2.15. The van der Waals surface area contributed by atoms with E-state index in [0.29, 0.717) is 5.56 Å². The van der Waals surface area contributed by atoms with E-state index in [9.17, 15) is 0 Å². The molecule has 106 valence electrons. The number of nitrogens with two attached hydrogens (primary N) is 1. The average molecular weight is 272 g/mol. The minimum atomic E-state index is 0.0906. The number of benzene rings is 1. The van der Waals surface area contributed by atoms with Crippen molar-refractivity contribution in [1.29, 1.82) is 0 Å². The number of amidine groups is 1. The summed E-state index contributed by atoms with van der Waals surface area (Å²) in [4.78, 5) is 6.83. The van der Waals surface area contributed by atoms with E-state index in [1.54, 1.807) is 0 Å². The van der Waals surface area contributed by atoms with Crippen LogP contribution in [-0.4, -0.2) is 29.1 Å². The number of para-hydroxylation sites is 1. The lowest BCUT2D eigenvalue weighted by molar-refractivity contribution is 0.318. The number of nitrogens with zero attached hydrogens (tertiary/aromatic N) is 3. The molecule has 0 unspecified atom stereocenters. The number of hydrogen-bond donors (Lipinski definition) is 2. The quantitative estimate of drug-likeness (QED) is 0.379. The van der Waals surface area contributed by atoms with Crippen LogP contribution in [0, 0.1) is 0 Å². The van der Waals surface area contributed by atoms with Gasteiger partial charge < -0.3 is 15.8 Å². The molecule has 3 N–H and O–H groups in total. The highest BCUT2D eigenvalue weighted by atomic mass is 16.4. The van der Waals surface area contributed by atoms with Gasteiger partial charge in [-0.05, 0) is 25.5 Å². The first-order valence-electron chi connectivity index (χ1n) is 6.83. The van der Waals surface area contributed by atoms with Crippen LogP contribution in [0.2, 0.25) is 0 Å². The first kappa shape index (κ1) is 14.1. The molecule has 0 aliphatic heterocycles. The van der Waals surface area contributed by atoms with Gasteiger partial charge in [-0.1, -0.05) is 30.3 Å². The van der Waals surface area contributed by atoms with E-state index in [1.165, 1.54) is 0 Å². The molecule has 1 aromatic heterocycles. The molecule has 0 spiro atoms. The summed E-state index contributed by atoms with van der Waals surface area (Å²) < 4.78 is 0. The Labute approximate surface area is 118 Å². The maximum atomic E-state index is 8.99. The van der Waals surface area contributed by atoms with Crippen LogP contribution in [-0.2, 0) is 0 Å². The molecule has 1 heterocycles. The van der Waals surface area contributed by atoms with Gasteiger partial charge in [0, 0.05) is 18.5 Å². The Morgan fingerprint density at radius 2 is 2.10 bits per heavy atom. The smallest absolute Gasteiger partial charge is 0.173 e. The van der Waals surface area contributed by atoms with Gasteiger partial charge in [0.2, 0.25) is 0 Å². The van der Waals surface area contributed by atoms with E-state index < -0.39 is 0 Å². The molecule has 5 nitrogen and oxygen atoms in total. The fraction of sp³-hybridized carbons (Fsp3) is 0.333. The zero-order chi connectivity index (χ0) is 14.5. The lowest BCUT2D eigenvalue weighted by Crippen LogP contribution is -2.28. The van der Waals surface area contributed by atoms with Gasteiger partial charge in [0.05, 0.1) is 11.1 Å². The highest BCUT2D eigenvalue weighted by Crippen LogP contribution is 2.23. The van der Waals surface area contributed by atoms with Gasteiger partial charge in [-0.2, -0.15) is 0 Å². The summed E-state index contributed by atoms with van der Waals surface area (Å²) in [5.74, 6) is 0.858. The predicted molar refractivity (Wildman–Crippen MR) is 82.4 cm³/mol. The summed E-state index contributed by atoms with van der Waals surface area (Å²) in [7, 11) is 0. The lowest BCUT2D eigenvalue weighted by Gasteiger charge is -2.24. The first-order valence-corrected chi connectivity index (χ1v) is 6.83. The molecule has 0 bridgehead atoms. The van der Waals surface area contributed by atoms with Gasteiger partial charge in [0.25, 0.3) is 0 Å². The number of pyridine rings is 1. The monoisotopic (exact) mass is 272 g/mol. The molecular weight excluding hydrogens is 252 g/mol. The van der Waals surface area contributed by atoms with Crippen LogP contribution in [0.4, 0.5) is 5.82 Å². The van der Waals surface area contributed by atoms with E-state index >= 15 is 0 Å². The lowest BCUT2D eigenvalue weighted by atomic mass is 10.1. The van der Waals surface area contributed by atoms with Crippen LogP contribution in [0.1, 0.15) is 25.8 Å². The number of hydrogen-bond acceptors (Lipinski definition) is 4. The van der Waals surface area contributed by atoms with Crippen LogP contribution >= 0.6 is 0 Å². The largest absolute Gasteiger partial charge is 0.409 e. The normalized spacial score (nSPS) is 11.8. The summed E-state index contributed by atoms with van der Waals surface area (Å²) in [5.41, 5.74) is 7.38. The SMILES string of the molecule is CCCN(CC)c1nc2ccccc2cc1C(N)=NO. The van der Waals surface area contributed by atoms with E-state index in [-0.39, 0.29) is 5.84 Å². The Kier molecular flexibility index (Phi) is 4.40. The van der Waals surface area contributed by atoms with Crippen molar-refractivity contribution in [3.05, 3.63) is 35.9 Å². The zero-order valence-corrected chi connectivity index (χ0v) is 11.9. The third-order valence-electron chi connectivity index (χ3n) is 3.26. The Balaban J connectivity index is 2.65. The average Bonchev–Trinajstić information content (AvgIpc) is 2.50. The minimum absolute atomic E-state index is 0.0906. The van der Waals surface area contributed by atoms with Gasteiger partial charge in [0.15, 0.2) is 5.84 Å². The van der Waals surface area contributed by atoms with E-state index in [0.717, 1.165) is 36.2 Å². The standard InChI is InChI=1S/C15H20N4O/c1-3-9-19(4-2)15-12(14(16)18-20)10-11-7-5-6-8-13(11)17-15/h5-8,10,20H,3-4,9H2,1-2H3,(H2,16,18). The summed E-state index contributed by atoms with van der Waals surface area (Å²) in [5, 5.41) is 13.1. The Morgan fingerprint density at radius 3 is 2.75 bits per heavy atom. The van der Waals surface area contributed by atoms with Crippen LogP contribution in [0.3, 0.4) is 0 Å². The second kappa shape index (κ2) is 6.23. The fourth-order valence-corrected chi connectivity index (χ4v) is 2.27. The zero-order valence-electron chi connectivity index (χ0n) is 11.9. The van der Waals surface area contributed by atoms with Gasteiger partial charge in [0.1, 0.15) is 5.82 Å². The van der Waals surface area contributed by atoms with Crippen molar-refractivity contribution < 1.29 is 5.21 Å². The van der Waals surface area contributed by atoms with Crippen molar-refractivity contribution in [2.24, 2.45) is 10.9 Å². The molecule has 0 radical (unpaired) electrons. The number of oxime groups is 1. The fourth-order valence-electron chi connectivity index (χ4n) is 2.27. The molecule has 0 aliphatic rings. The Bertz CT molecular complexity index is 624. The molecular formula is C15H20N4O. The van der Waals surface area contributed by atoms with Gasteiger partial charge >= 0.3 is 0 Å². The number of anilines is 1. The highest BCUT2D eigenvalue weighted by molar-refractivity contribution is 6.04. The molecule has 2 rings (SSSR count). The minimum Gasteiger partial charge on any atom is -0.409 e. The van der Waals surface area contributed by atoms with Crippen molar-refractivity contribution in [3.63, 3.8) is 0 Å². The van der Waals surface area contributed by atoms with E-state index in [4.69, 9.17) is 10.9 Å². The first-order chi connectivity index (χ1) is 9.71. The van der Waals surface area contributed by atoms with Crippen molar-refractivity contribution in [2.75, 3.05) is 18.0 Å². The molecule has 20 heavy (non-hydrogen) atoms. The Hall–Kier alpha value is -2.30. The van der Waals surface area contributed by atoms with Crippen LogP contribution in [0.15, 0.2) is 35.5 Å². The molecule has 0 saturated carbocycles. The van der Waals surface area contributed by atoms with Crippen molar-refractivity contribution in [3.8, 4) is 0 Å². The summed E-state index contributed by atoms with van der Waals surface area (Å²) in [6.45, 7) is 5.90. The number of fused-ring (bicyclic) bond motifs is 1. The van der Waals surface area contributed by atoms with Gasteiger partial charge in [-0.25, -0.2) is 4.98 Å². The second-order valence-corrected chi connectivity index (χ2v) is 4.62. The third kappa shape index (κ3) is 2.66. The molecule has 0 saturated heterocycles. The molecule has 1 aromatic carbocycles.